The van der Waals surface area contributed by atoms with Gasteiger partial charge in [0.15, 0.2) is 0 Å². The van der Waals surface area contributed by atoms with E-state index in [4.69, 9.17) is 0 Å². The summed E-state index contributed by atoms with van der Waals surface area (Å²) >= 11 is 0. The molecule has 0 spiro atoms. The highest BCUT2D eigenvalue weighted by molar-refractivity contribution is 5.53. The zero-order valence-electron chi connectivity index (χ0n) is 10.8. The van der Waals surface area contributed by atoms with Crippen molar-refractivity contribution in [1.29, 1.82) is 0 Å². The van der Waals surface area contributed by atoms with Crippen LogP contribution in [0, 0.1) is 5.92 Å². The largest absolute Gasteiger partial charge is 0.310 e. The lowest BCUT2D eigenvalue weighted by molar-refractivity contribution is 0.263. The molecule has 96 valence electrons. The molecule has 1 saturated carbocycles. The van der Waals surface area contributed by atoms with Gasteiger partial charge in [0, 0.05) is 24.0 Å². The first-order valence-corrected chi connectivity index (χ1v) is 6.89. The van der Waals surface area contributed by atoms with E-state index >= 15 is 0 Å². The van der Waals surface area contributed by atoms with E-state index in [-0.39, 0.29) is 0 Å². The normalized spacial score (nSPS) is 17.8. The highest BCUT2D eigenvalue weighted by Gasteiger charge is 2.24. The van der Waals surface area contributed by atoms with Gasteiger partial charge in [-0.1, -0.05) is 26.2 Å². The number of nitrogens with zero attached hydrogens (tertiary/aromatic N) is 3. The molecule has 1 atom stereocenters. The molecule has 0 amide bonds. The van der Waals surface area contributed by atoms with Gasteiger partial charge >= 0.3 is 0 Å². The fourth-order valence-corrected chi connectivity index (χ4v) is 2.75. The number of hydrogen-bond acceptors (Lipinski definition) is 3. The van der Waals surface area contributed by atoms with Gasteiger partial charge in [-0.3, -0.25) is 4.98 Å². The number of hydrogen-bond donors (Lipinski definition) is 1. The first-order valence-electron chi connectivity index (χ1n) is 6.89. The highest BCUT2D eigenvalue weighted by atomic mass is 15.2. The van der Waals surface area contributed by atoms with Crippen LogP contribution in [0.15, 0.2) is 24.8 Å². The zero-order valence-corrected chi connectivity index (χ0v) is 10.8. The van der Waals surface area contributed by atoms with E-state index in [1.54, 1.807) is 6.20 Å². The third kappa shape index (κ3) is 2.12. The Kier molecular flexibility index (Phi) is 3.28. The predicted molar refractivity (Wildman–Crippen MR) is 71.4 cm³/mol. The van der Waals surface area contributed by atoms with E-state index in [0.717, 1.165) is 18.0 Å². The fourth-order valence-electron chi connectivity index (χ4n) is 2.75. The monoisotopic (exact) mass is 244 g/mol. The van der Waals surface area contributed by atoms with Crippen molar-refractivity contribution in [2.75, 3.05) is 6.54 Å². The molecule has 0 aromatic carbocycles. The fraction of sp³-hybridized carbons (Fsp3) is 0.571. The van der Waals surface area contributed by atoms with Crippen LogP contribution in [0.5, 0.6) is 0 Å². The van der Waals surface area contributed by atoms with Crippen LogP contribution in [0.4, 0.5) is 0 Å². The Hall–Kier alpha value is -1.42. The molecule has 0 bridgehead atoms. The Labute approximate surface area is 107 Å². The first-order chi connectivity index (χ1) is 8.88. The van der Waals surface area contributed by atoms with Gasteiger partial charge in [-0.2, -0.15) is 5.10 Å². The van der Waals surface area contributed by atoms with E-state index in [1.807, 2.05) is 23.1 Å². The predicted octanol–water partition coefficient (Wildman–Crippen LogP) is 2.57. The van der Waals surface area contributed by atoms with E-state index in [1.165, 1.54) is 31.2 Å². The Morgan fingerprint density at radius 1 is 1.44 bits per heavy atom. The molecule has 4 nitrogen and oxygen atoms in total. The maximum atomic E-state index is 4.41. The average molecular weight is 244 g/mol. The molecular formula is C14H20N4. The van der Waals surface area contributed by atoms with Crippen molar-refractivity contribution in [3.8, 4) is 0 Å². The summed E-state index contributed by atoms with van der Waals surface area (Å²) < 4.78 is 1.91. The van der Waals surface area contributed by atoms with E-state index < -0.39 is 0 Å². The minimum absolute atomic E-state index is 0.419. The van der Waals surface area contributed by atoms with Crippen molar-refractivity contribution in [3.05, 3.63) is 30.4 Å². The summed E-state index contributed by atoms with van der Waals surface area (Å²) in [6.45, 7) is 3.16. The average Bonchev–Trinajstić information content (AvgIpc) is 2.76. The summed E-state index contributed by atoms with van der Waals surface area (Å²) in [6, 6.07) is 0.419. The molecule has 2 heterocycles. The molecule has 1 N–H and O–H groups in total. The van der Waals surface area contributed by atoms with Gasteiger partial charge in [0.2, 0.25) is 0 Å². The topological polar surface area (TPSA) is 42.2 Å². The molecular weight excluding hydrogens is 224 g/mol. The second-order valence-electron chi connectivity index (χ2n) is 5.15. The zero-order chi connectivity index (χ0) is 12.4. The lowest BCUT2D eigenvalue weighted by Crippen LogP contribution is -2.25. The van der Waals surface area contributed by atoms with Gasteiger partial charge in [-0.25, -0.2) is 4.52 Å². The Morgan fingerprint density at radius 2 is 2.33 bits per heavy atom. The smallest absolute Gasteiger partial charge is 0.0892 e. The second-order valence-corrected chi connectivity index (χ2v) is 5.15. The lowest BCUT2D eigenvalue weighted by atomic mass is 9.80. The summed E-state index contributed by atoms with van der Waals surface area (Å²) in [7, 11) is 0. The standard InChI is InChI=1S/C14H20N4/c1-2-16-13(8-11-4-3-5-11)12-9-17-18-7-6-15-10-14(12)18/h6-7,9-11,13,16H,2-5,8H2,1H3. The SMILES string of the molecule is CCNC(CC1CCC1)c1cnn2ccncc12. The number of aromatic nitrogens is 3. The van der Waals surface area contributed by atoms with Crippen molar-refractivity contribution in [3.63, 3.8) is 0 Å². The Bertz CT molecular complexity index is 515. The Balaban J connectivity index is 1.87. The van der Waals surface area contributed by atoms with Crippen molar-refractivity contribution < 1.29 is 0 Å². The molecule has 18 heavy (non-hydrogen) atoms. The second kappa shape index (κ2) is 5.06. The summed E-state index contributed by atoms with van der Waals surface area (Å²) in [5.74, 6) is 0.890. The quantitative estimate of drug-likeness (QED) is 0.879. The summed E-state index contributed by atoms with van der Waals surface area (Å²) in [6.07, 6.45) is 13.0. The molecule has 2 aromatic rings. The van der Waals surface area contributed by atoms with Crippen LogP contribution in [0.1, 0.15) is 44.2 Å². The minimum Gasteiger partial charge on any atom is -0.310 e. The van der Waals surface area contributed by atoms with Gasteiger partial charge in [0.25, 0.3) is 0 Å². The molecule has 0 saturated heterocycles. The van der Waals surface area contributed by atoms with Gasteiger partial charge in [-0.05, 0) is 18.9 Å². The van der Waals surface area contributed by atoms with Gasteiger partial charge in [-0.15, -0.1) is 0 Å². The van der Waals surface area contributed by atoms with Crippen LogP contribution in [-0.4, -0.2) is 21.1 Å². The lowest BCUT2D eigenvalue weighted by Gasteiger charge is -2.29. The number of fused-ring (bicyclic) bond motifs is 1. The van der Waals surface area contributed by atoms with Crippen LogP contribution >= 0.6 is 0 Å². The molecule has 0 aliphatic heterocycles. The Morgan fingerprint density at radius 3 is 3.06 bits per heavy atom. The molecule has 1 unspecified atom stereocenters. The first kappa shape index (κ1) is 11.7. The van der Waals surface area contributed by atoms with Gasteiger partial charge < -0.3 is 5.32 Å². The number of rotatable bonds is 5. The van der Waals surface area contributed by atoms with E-state index in [9.17, 15) is 0 Å². The third-order valence-corrected chi connectivity index (χ3v) is 3.97. The van der Waals surface area contributed by atoms with Crippen LogP contribution < -0.4 is 5.32 Å². The van der Waals surface area contributed by atoms with Crippen molar-refractivity contribution in [2.24, 2.45) is 5.92 Å². The van der Waals surface area contributed by atoms with E-state index in [2.05, 4.69) is 22.3 Å². The molecule has 1 fully saturated rings. The summed E-state index contributed by atoms with van der Waals surface area (Å²) in [5.41, 5.74) is 2.42. The number of nitrogens with one attached hydrogen (secondary N) is 1. The molecule has 1 aliphatic carbocycles. The van der Waals surface area contributed by atoms with Crippen molar-refractivity contribution in [1.82, 2.24) is 19.9 Å². The van der Waals surface area contributed by atoms with E-state index in [0.29, 0.717) is 6.04 Å². The van der Waals surface area contributed by atoms with Gasteiger partial charge in [0.05, 0.1) is 17.9 Å². The van der Waals surface area contributed by atoms with Crippen molar-refractivity contribution >= 4 is 5.52 Å². The summed E-state index contributed by atoms with van der Waals surface area (Å²) in [4.78, 5) is 4.21. The van der Waals surface area contributed by atoms with Crippen molar-refractivity contribution in [2.45, 2.75) is 38.6 Å². The molecule has 2 aromatic heterocycles. The molecule has 4 heteroatoms. The maximum absolute atomic E-state index is 4.41. The van der Waals surface area contributed by atoms with Crippen LogP contribution in [0.3, 0.4) is 0 Å². The third-order valence-electron chi connectivity index (χ3n) is 3.97. The molecule has 1 aliphatic rings. The minimum atomic E-state index is 0.419. The van der Waals surface area contributed by atoms with Crippen LogP contribution in [0.25, 0.3) is 5.52 Å². The summed E-state index contributed by atoms with van der Waals surface area (Å²) in [5, 5.41) is 8.00. The molecule has 0 radical (unpaired) electrons. The van der Waals surface area contributed by atoms with Crippen LogP contribution in [-0.2, 0) is 0 Å². The highest BCUT2D eigenvalue weighted by Crippen LogP contribution is 2.35. The van der Waals surface area contributed by atoms with Crippen LogP contribution in [0.2, 0.25) is 0 Å². The molecule has 3 rings (SSSR count). The maximum Gasteiger partial charge on any atom is 0.0892 e. The van der Waals surface area contributed by atoms with Gasteiger partial charge in [0.1, 0.15) is 0 Å².